The molecule has 2 aliphatic heterocycles. The third kappa shape index (κ3) is 4.58. The van der Waals surface area contributed by atoms with Crippen LogP contribution in [0.2, 0.25) is 0 Å². The van der Waals surface area contributed by atoms with Gasteiger partial charge in [0.2, 0.25) is 15.9 Å². The molecule has 0 bridgehead atoms. The van der Waals surface area contributed by atoms with Crippen LogP contribution in [0.25, 0.3) is 0 Å². The average Bonchev–Trinajstić information content (AvgIpc) is 3.31. The molecule has 1 aromatic rings. The van der Waals surface area contributed by atoms with Crippen LogP contribution in [0.5, 0.6) is 0 Å². The van der Waals surface area contributed by atoms with Crippen LogP contribution in [0, 0.1) is 25.7 Å². The molecule has 2 saturated heterocycles. The molecule has 1 N–H and O–H groups in total. The van der Waals surface area contributed by atoms with Crippen molar-refractivity contribution in [3.63, 3.8) is 0 Å². The maximum Gasteiger partial charge on any atom is 0.248 e. The number of nitrogens with zero attached hydrogens (tertiary/aromatic N) is 3. The van der Waals surface area contributed by atoms with E-state index in [0.29, 0.717) is 43.9 Å². The Morgan fingerprint density at radius 1 is 1.21 bits per heavy atom. The van der Waals surface area contributed by atoms with E-state index < -0.39 is 10.0 Å². The highest BCUT2D eigenvalue weighted by molar-refractivity contribution is 7.89. The fourth-order valence-corrected chi connectivity index (χ4v) is 6.07. The predicted molar refractivity (Wildman–Crippen MR) is 105 cm³/mol. The van der Waals surface area contributed by atoms with Crippen LogP contribution in [0.15, 0.2) is 9.42 Å². The first-order valence-electron chi connectivity index (χ1n) is 10.2. The quantitative estimate of drug-likeness (QED) is 0.730. The van der Waals surface area contributed by atoms with E-state index in [-0.39, 0.29) is 22.6 Å². The number of carbonyl (C=O) groups is 1. The van der Waals surface area contributed by atoms with Crippen molar-refractivity contribution in [3.05, 3.63) is 11.5 Å². The Hall–Kier alpha value is -1.45. The highest BCUT2D eigenvalue weighted by Crippen LogP contribution is 2.30. The molecule has 9 heteroatoms. The van der Waals surface area contributed by atoms with Crippen molar-refractivity contribution in [2.75, 3.05) is 39.3 Å². The molecule has 0 aromatic carbocycles. The lowest BCUT2D eigenvalue weighted by Crippen LogP contribution is -2.43. The first-order valence-corrected chi connectivity index (χ1v) is 11.7. The van der Waals surface area contributed by atoms with Crippen molar-refractivity contribution in [1.82, 2.24) is 19.7 Å². The van der Waals surface area contributed by atoms with E-state index in [1.165, 1.54) is 17.1 Å². The molecule has 0 radical (unpaired) electrons. The van der Waals surface area contributed by atoms with E-state index in [2.05, 4.69) is 15.4 Å². The van der Waals surface area contributed by atoms with Gasteiger partial charge in [0.25, 0.3) is 0 Å². The number of rotatable bonds is 7. The van der Waals surface area contributed by atoms with Gasteiger partial charge in [-0.1, -0.05) is 12.1 Å². The average molecular weight is 413 g/mol. The van der Waals surface area contributed by atoms with E-state index in [1.54, 1.807) is 13.8 Å². The molecule has 3 heterocycles. The number of sulfonamides is 1. The van der Waals surface area contributed by atoms with Crippen LogP contribution >= 0.6 is 0 Å². The van der Waals surface area contributed by atoms with Crippen LogP contribution in [0.3, 0.4) is 0 Å². The molecule has 2 fully saturated rings. The Morgan fingerprint density at radius 3 is 2.43 bits per heavy atom. The smallest absolute Gasteiger partial charge is 0.248 e. The maximum absolute atomic E-state index is 12.9. The SMILES string of the molecule is Cc1noc(C)c1S(=O)(=O)N1CCC([C@@H](C)C(=O)NCCN2CCCC2)CC1. The second-order valence-corrected chi connectivity index (χ2v) is 9.90. The zero-order valence-corrected chi connectivity index (χ0v) is 17.9. The molecule has 0 aliphatic carbocycles. The summed E-state index contributed by atoms with van der Waals surface area (Å²) in [6, 6.07) is 0. The van der Waals surface area contributed by atoms with Gasteiger partial charge in [0.1, 0.15) is 10.6 Å². The topological polar surface area (TPSA) is 95.8 Å². The molecular formula is C19H32N4O4S. The van der Waals surface area contributed by atoms with Crippen molar-refractivity contribution in [1.29, 1.82) is 0 Å². The van der Waals surface area contributed by atoms with Gasteiger partial charge in [-0.2, -0.15) is 4.31 Å². The van der Waals surface area contributed by atoms with E-state index in [4.69, 9.17) is 4.52 Å². The third-order valence-corrected chi connectivity index (χ3v) is 8.25. The third-order valence-electron chi connectivity index (χ3n) is 6.11. The zero-order chi connectivity index (χ0) is 20.3. The minimum Gasteiger partial charge on any atom is -0.360 e. The summed E-state index contributed by atoms with van der Waals surface area (Å²) in [7, 11) is -3.60. The van der Waals surface area contributed by atoms with Crippen molar-refractivity contribution < 1.29 is 17.7 Å². The van der Waals surface area contributed by atoms with Crippen molar-refractivity contribution in [2.45, 2.75) is 51.3 Å². The molecule has 1 amide bonds. The van der Waals surface area contributed by atoms with Gasteiger partial charge < -0.3 is 14.7 Å². The van der Waals surface area contributed by atoms with E-state index in [9.17, 15) is 13.2 Å². The van der Waals surface area contributed by atoms with Crippen LogP contribution in [-0.4, -0.2) is 68.0 Å². The highest BCUT2D eigenvalue weighted by atomic mass is 32.2. The largest absolute Gasteiger partial charge is 0.360 e. The number of aryl methyl sites for hydroxylation is 2. The van der Waals surface area contributed by atoms with E-state index in [1.807, 2.05) is 6.92 Å². The molecule has 8 nitrogen and oxygen atoms in total. The van der Waals surface area contributed by atoms with E-state index in [0.717, 1.165) is 19.6 Å². The van der Waals surface area contributed by atoms with Gasteiger partial charge in [-0.15, -0.1) is 0 Å². The van der Waals surface area contributed by atoms with Crippen molar-refractivity contribution in [2.24, 2.45) is 11.8 Å². The molecule has 28 heavy (non-hydrogen) atoms. The summed E-state index contributed by atoms with van der Waals surface area (Å²) in [5.74, 6) is 0.488. The summed E-state index contributed by atoms with van der Waals surface area (Å²) in [6.07, 6.45) is 3.87. The number of likely N-dealkylation sites (tertiary alicyclic amines) is 1. The number of carbonyl (C=O) groups excluding carboxylic acids is 1. The zero-order valence-electron chi connectivity index (χ0n) is 17.1. The minimum atomic E-state index is -3.60. The molecule has 158 valence electrons. The molecule has 1 atom stereocenters. The lowest BCUT2D eigenvalue weighted by molar-refractivity contribution is -0.126. The van der Waals surface area contributed by atoms with E-state index >= 15 is 0 Å². The lowest BCUT2D eigenvalue weighted by atomic mass is 9.85. The first kappa shape index (κ1) is 21.3. The first-order chi connectivity index (χ1) is 13.3. The van der Waals surface area contributed by atoms with Crippen LogP contribution < -0.4 is 5.32 Å². The van der Waals surface area contributed by atoms with Gasteiger partial charge >= 0.3 is 0 Å². The normalized spacial score (nSPS) is 21.1. The fraction of sp³-hybridized carbons (Fsp3) is 0.789. The van der Waals surface area contributed by atoms with Gasteiger partial charge in [-0.3, -0.25) is 4.79 Å². The molecule has 2 aliphatic rings. The number of amides is 1. The molecule has 0 saturated carbocycles. The molecule has 3 rings (SSSR count). The van der Waals surface area contributed by atoms with Gasteiger partial charge in [-0.05, 0) is 58.5 Å². The molecule has 1 aromatic heterocycles. The maximum atomic E-state index is 12.9. The summed E-state index contributed by atoms with van der Waals surface area (Å²) >= 11 is 0. The fourth-order valence-electron chi connectivity index (χ4n) is 4.31. The second-order valence-electron chi connectivity index (χ2n) is 8.02. The van der Waals surface area contributed by atoms with Crippen LogP contribution in [0.1, 0.15) is 44.1 Å². The lowest BCUT2D eigenvalue weighted by Gasteiger charge is -2.33. The molecule has 0 spiro atoms. The number of nitrogens with one attached hydrogen (secondary N) is 1. The van der Waals surface area contributed by atoms with Crippen LogP contribution in [-0.2, 0) is 14.8 Å². The number of piperidine rings is 1. The molecule has 0 unspecified atom stereocenters. The number of hydrogen-bond acceptors (Lipinski definition) is 6. The Bertz CT molecular complexity index is 758. The predicted octanol–water partition coefficient (Wildman–Crippen LogP) is 1.54. The second kappa shape index (κ2) is 8.92. The Balaban J connectivity index is 1.49. The summed E-state index contributed by atoms with van der Waals surface area (Å²) in [4.78, 5) is 15.0. The molecular weight excluding hydrogens is 380 g/mol. The Morgan fingerprint density at radius 2 is 1.86 bits per heavy atom. The van der Waals surface area contributed by atoms with Gasteiger partial charge in [-0.25, -0.2) is 8.42 Å². The number of aromatic nitrogens is 1. The standard InChI is InChI=1S/C19H32N4O4S/c1-14(19(24)20-8-13-22-9-4-5-10-22)17-6-11-23(12-7-17)28(25,26)18-15(2)21-27-16(18)3/h14,17H,4-13H2,1-3H3,(H,20,24)/t14-/m1/s1. The Kier molecular flexibility index (Phi) is 6.77. The summed E-state index contributed by atoms with van der Waals surface area (Å²) in [6.45, 7) is 9.90. The Labute approximate surface area is 167 Å². The summed E-state index contributed by atoms with van der Waals surface area (Å²) < 4.78 is 32.3. The van der Waals surface area contributed by atoms with Gasteiger partial charge in [0.05, 0.1) is 0 Å². The van der Waals surface area contributed by atoms with Crippen molar-refractivity contribution >= 4 is 15.9 Å². The van der Waals surface area contributed by atoms with Crippen LogP contribution in [0.4, 0.5) is 0 Å². The monoisotopic (exact) mass is 412 g/mol. The van der Waals surface area contributed by atoms with Gasteiger partial charge in [0, 0.05) is 32.1 Å². The minimum absolute atomic E-state index is 0.0752. The highest BCUT2D eigenvalue weighted by Gasteiger charge is 2.36. The summed E-state index contributed by atoms with van der Waals surface area (Å²) in [5, 5.41) is 6.82. The summed E-state index contributed by atoms with van der Waals surface area (Å²) in [5.41, 5.74) is 0.394. The number of hydrogen-bond donors (Lipinski definition) is 1. The van der Waals surface area contributed by atoms with Crippen molar-refractivity contribution in [3.8, 4) is 0 Å². The van der Waals surface area contributed by atoms with Gasteiger partial charge in [0.15, 0.2) is 5.76 Å².